The van der Waals surface area contributed by atoms with E-state index in [1.165, 1.54) is 11.0 Å². The van der Waals surface area contributed by atoms with Crippen LogP contribution >= 0.6 is 0 Å². The number of fused-ring (bicyclic) bond motifs is 3. The van der Waals surface area contributed by atoms with Crippen molar-refractivity contribution in [2.75, 3.05) is 4.90 Å². The Bertz CT molecular complexity index is 932. The molecule has 3 aromatic rings. The molecule has 0 radical (unpaired) electrons. The van der Waals surface area contributed by atoms with Crippen molar-refractivity contribution in [2.45, 2.75) is 0 Å². The average Bonchev–Trinajstić information content (AvgIpc) is 2.79. The third-order valence-electron chi connectivity index (χ3n) is 3.87. The number of rotatable bonds is 1. The van der Waals surface area contributed by atoms with Gasteiger partial charge in [0.05, 0.1) is 16.8 Å². The van der Waals surface area contributed by atoms with Gasteiger partial charge >= 0.3 is 0 Å². The molecule has 1 N–H and O–H groups in total. The van der Waals surface area contributed by atoms with Gasteiger partial charge in [0.25, 0.3) is 11.8 Å². The molecule has 4 rings (SSSR count). The second-order valence-corrected chi connectivity index (χ2v) is 5.17. The molecule has 4 nitrogen and oxygen atoms in total. The van der Waals surface area contributed by atoms with Crippen LogP contribution in [0.25, 0.3) is 10.8 Å². The van der Waals surface area contributed by atoms with E-state index in [4.69, 9.17) is 0 Å². The Morgan fingerprint density at radius 2 is 1.55 bits per heavy atom. The molecule has 22 heavy (non-hydrogen) atoms. The Hall–Kier alpha value is -3.14. The molecule has 0 unspecified atom stereocenters. The highest BCUT2D eigenvalue weighted by atomic mass is 16.3. The van der Waals surface area contributed by atoms with Crippen LogP contribution in [0.15, 0.2) is 60.7 Å². The van der Waals surface area contributed by atoms with Crippen molar-refractivity contribution in [2.24, 2.45) is 0 Å². The van der Waals surface area contributed by atoms with Crippen LogP contribution in [0.4, 0.5) is 5.69 Å². The van der Waals surface area contributed by atoms with Crippen LogP contribution in [0, 0.1) is 0 Å². The fourth-order valence-electron chi connectivity index (χ4n) is 2.85. The van der Waals surface area contributed by atoms with Crippen molar-refractivity contribution in [1.29, 1.82) is 0 Å². The van der Waals surface area contributed by atoms with Gasteiger partial charge in [-0.05, 0) is 41.1 Å². The smallest absolute Gasteiger partial charge is 0.266 e. The van der Waals surface area contributed by atoms with Crippen molar-refractivity contribution in [3.63, 3.8) is 0 Å². The molecule has 0 saturated heterocycles. The van der Waals surface area contributed by atoms with Gasteiger partial charge in [-0.15, -0.1) is 0 Å². The Balaban J connectivity index is 1.98. The lowest BCUT2D eigenvalue weighted by molar-refractivity contribution is 0.0926. The molecule has 0 fully saturated rings. The number of anilines is 1. The summed E-state index contributed by atoms with van der Waals surface area (Å²) in [5, 5.41) is 11.1. The minimum absolute atomic E-state index is 0.0688. The van der Waals surface area contributed by atoms with E-state index in [1.807, 2.05) is 6.07 Å². The Labute approximate surface area is 126 Å². The lowest BCUT2D eigenvalue weighted by Gasteiger charge is -2.13. The van der Waals surface area contributed by atoms with Gasteiger partial charge in [-0.1, -0.05) is 30.3 Å². The fraction of sp³-hybridized carbons (Fsp3) is 0. The zero-order chi connectivity index (χ0) is 15.3. The highest BCUT2D eigenvalue weighted by molar-refractivity contribution is 6.37. The standard InChI is InChI=1S/C18H11NO3/c20-13-8-6-11-7-9-14-16(15(11)10-13)18(22)19(17(14)21)12-4-2-1-3-5-12/h1-10,20H. The Morgan fingerprint density at radius 3 is 2.32 bits per heavy atom. The van der Waals surface area contributed by atoms with Crippen LogP contribution in [0.5, 0.6) is 5.75 Å². The van der Waals surface area contributed by atoms with Crippen molar-refractivity contribution in [1.82, 2.24) is 0 Å². The molecule has 0 saturated carbocycles. The highest BCUT2D eigenvalue weighted by Crippen LogP contribution is 2.34. The minimum atomic E-state index is -0.359. The lowest BCUT2D eigenvalue weighted by atomic mass is 10.0. The molecule has 0 bridgehead atoms. The predicted molar refractivity (Wildman–Crippen MR) is 83.2 cm³/mol. The molecule has 1 aliphatic rings. The maximum absolute atomic E-state index is 12.8. The first-order chi connectivity index (χ1) is 10.7. The predicted octanol–water partition coefficient (Wildman–Crippen LogP) is 3.35. The van der Waals surface area contributed by atoms with Crippen molar-refractivity contribution < 1.29 is 14.7 Å². The lowest BCUT2D eigenvalue weighted by Crippen LogP contribution is -2.29. The van der Waals surface area contributed by atoms with Crippen LogP contribution in [-0.2, 0) is 0 Å². The number of amides is 2. The summed E-state index contributed by atoms with van der Waals surface area (Å²) in [6.07, 6.45) is 0. The van der Waals surface area contributed by atoms with Crippen LogP contribution in [0.1, 0.15) is 20.7 Å². The third kappa shape index (κ3) is 1.64. The molecule has 0 atom stereocenters. The Morgan fingerprint density at radius 1 is 0.818 bits per heavy atom. The van der Waals surface area contributed by atoms with E-state index in [2.05, 4.69) is 0 Å². The summed E-state index contributed by atoms with van der Waals surface area (Å²) in [5.41, 5.74) is 1.26. The maximum atomic E-state index is 12.8. The Kier molecular flexibility index (Phi) is 2.53. The monoisotopic (exact) mass is 289 g/mol. The number of carbonyl (C=O) groups is 2. The topological polar surface area (TPSA) is 57.6 Å². The molecule has 3 aromatic carbocycles. The fourth-order valence-corrected chi connectivity index (χ4v) is 2.85. The van der Waals surface area contributed by atoms with Gasteiger partial charge in [0.15, 0.2) is 0 Å². The molecule has 0 aliphatic carbocycles. The van der Waals surface area contributed by atoms with Crippen LogP contribution < -0.4 is 4.90 Å². The second kappa shape index (κ2) is 4.43. The summed E-state index contributed by atoms with van der Waals surface area (Å²) in [6.45, 7) is 0. The number of hydrogen-bond acceptors (Lipinski definition) is 3. The SMILES string of the molecule is O=C1c2ccc3ccc(O)cc3c2C(=O)N1c1ccccc1. The number of para-hydroxylation sites is 1. The first-order valence-electron chi connectivity index (χ1n) is 6.86. The first-order valence-corrected chi connectivity index (χ1v) is 6.86. The average molecular weight is 289 g/mol. The van der Waals surface area contributed by atoms with Crippen LogP contribution in [-0.4, -0.2) is 16.9 Å². The van der Waals surface area contributed by atoms with Gasteiger partial charge in [-0.3, -0.25) is 9.59 Å². The number of phenolic OH excluding ortho intramolecular Hbond substituents is 1. The van der Waals surface area contributed by atoms with E-state index >= 15 is 0 Å². The maximum Gasteiger partial charge on any atom is 0.266 e. The van der Waals surface area contributed by atoms with E-state index in [0.29, 0.717) is 22.2 Å². The van der Waals surface area contributed by atoms with E-state index in [9.17, 15) is 14.7 Å². The number of benzene rings is 3. The normalized spacial score (nSPS) is 13.7. The van der Waals surface area contributed by atoms with Gasteiger partial charge in [-0.25, -0.2) is 4.90 Å². The number of hydrogen-bond donors (Lipinski definition) is 1. The van der Waals surface area contributed by atoms with E-state index in [0.717, 1.165) is 5.39 Å². The van der Waals surface area contributed by atoms with Crippen molar-refractivity contribution >= 4 is 28.3 Å². The van der Waals surface area contributed by atoms with Crippen LogP contribution in [0.2, 0.25) is 0 Å². The molecule has 4 heteroatoms. The molecule has 2 amide bonds. The second-order valence-electron chi connectivity index (χ2n) is 5.17. The third-order valence-corrected chi connectivity index (χ3v) is 3.87. The van der Waals surface area contributed by atoms with Gasteiger partial charge in [-0.2, -0.15) is 0 Å². The number of carbonyl (C=O) groups excluding carboxylic acids is 2. The molecule has 106 valence electrons. The molecular weight excluding hydrogens is 278 g/mol. The summed E-state index contributed by atoms with van der Waals surface area (Å²) in [4.78, 5) is 26.5. The van der Waals surface area contributed by atoms with E-state index in [1.54, 1.807) is 48.5 Å². The summed E-state index contributed by atoms with van der Waals surface area (Å²) in [5.74, 6) is -0.627. The zero-order valence-corrected chi connectivity index (χ0v) is 11.5. The van der Waals surface area contributed by atoms with Crippen LogP contribution in [0.3, 0.4) is 0 Å². The quantitative estimate of drug-likeness (QED) is 0.699. The molecule has 1 heterocycles. The summed E-state index contributed by atoms with van der Waals surface area (Å²) < 4.78 is 0. The minimum Gasteiger partial charge on any atom is -0.508 e. The van der Waals surface area contributed by atoms with Gasteiger partial charge in [0, 0.05) is 0 Å². The zero-order valence-electron chi connectivity index (χ0n) is 11.5. The number of phenols is 1. The van der Waals surface area contributed by atoms with Crippen molar-refractivity contribution in [3.8, 4) is 5.75 Å². The van der Waals surface area contributed by atoms with E-state index < -0.39 is 0 Å². The number of nitrogens with zero attached hydrogens (tertiary/aromatic N) is 1. The largest absolute Gasteiger partial charge is 0.508 e. The molecule has 0 spiro atoms. The highest BCUT2D eigenvalue weighted by Gasteiger charge is 2.37. The summed E-state index contributed by atoms with van der Waals surface area (Å²) in [6, 6.07) is 17.1. The van der Waals surface area contributed by atoms with E-state index in [-0.39, 0.29) is 17.6 Å². The van der Waals surface area contributed by atoms with Gasteiger partial charge < -0.3 is 5.11 Å². The molecule has 0 aromatic heterocycles. The summed E-state index contributed by atoms with van der Waals surface area (Å²) >= 11 is 0. The molecule has 1 aliphatic heterocycles. The molecular formula is C18H11NO3. The number of aromatic hydroxyl groups is 1. The number of imide groups is 1. The summed E-state index contributed by atoms with van der Waals surface area (Å²) in [7, 11) is 0. The van der Waals surface area contributed by atoms with Crippen molar-refractivity contribution in [3.05, 3.63) is 71.8 Å². The van der Waals surface area contributed by atoms with Gasteiger partial charge in [0.1, 0.15) is 5.75 Å². The van der Waals surface area contributed by atoms with Gasteiger partial charge in [0.2, 0.25) is 0 Å². The first kappa shape index (κ1) is 12.6.